The standard InChI is InChI=1S/C16H23N3O2/c1-16(2,20-3)11-4-6-12(7-5-11)21-14-8-9-17-15-13(14)10-18-19-15/h8-12H,4-7H2,1-3H3,(H,17,18,19). The van der Waals surface area contributed by atoms with Gasteiger partial charge in [-0.05, 0) is 51.5 Å². The fourth-order valence-corrected chi connectivity index (χ4v) is 3.15. The minimum atomic E-state index is -0.0422. The molecule has 0 spiro atoms. The molecule has 0 saturated heterocycles. The van der Waals surface area contributed by atoms with Crippen LogP contribution in [0.4, 0.5) is 0 Å². The Kier molecular flexibility index (Phi) is 3.85. The zero-order valence-corrected chi connectivity index (χ0v) is 12.9. The Morgan fingerprint density at radius 2 is 2.00 bits per heavy atom. The Morgan fingerprint density at radius 3 is 2.71 bits per heavy atom. The molecule has 114 valence electrons. The van der Waals surface area contributed by atoms with E-state index in [2.05, 4.69) is 29.0 Å². The van der Waals surface area contributed by atoms with E-state index in [9.17, 15) is 0 Å². The van der Waals surface area contributed by atoms with Gasteiger partial charge in [0.1, 0.15) is 5.75 Å². The normalized spacial score (nSPS) is 23.4. The third kappa shape index (κ3) is 2.88. The molecule has 2 aromatic heterocycles. The van der Waals surface area contributed by atoms with Crippen LogP contribution in [0.3, 0.4) is 0 Å². The van der Waals surface area contributed by atoms with Gasteiger partial charge in [-0.15, -0.1) is 0 Å². The van der Waals surface area contributed by atoms with Crippen LogP contribution >= 0.6 is 0 Å². The summed E-state index contributed by atoms with van der Waals surface area (Å²) in [7, 11) is 1.80. The molecule has 0 unspecified atom stereocenters. The van der Waals surface area contributed by atoms with E-state index in [-0.39, 0.29) is 11.7 Å². The number of hydrogen-bond donors (Lipinski definition) is 1. The predicted molar refractivity (Wildman–Crippen MR) is 81.4 cm³/mol. The SMILES string of the molecule is COC(C)(C)C1CCC(Oc2ccnc3[nH]ncc23)CC1. The largest absolute Gasteiger partial charge is 0.490 e. The Hall–Kier alpha value is -1.62. The van der Waals surface area contributed by atoms with Crippen molar-refractivity contribution in [3.05, 3.63) is 18.5 Å². The first-order valence-corrected chi connectivity index (χ1v) is 7.60. The van der Waals surface area contributed by atoms with Gasteiger partial charge in [0, 0.05) is 13.3 Å². The van der Waals surface area contributed by atoms with Crippen molar-refractivity contribution in [3.8, 4) is 5.75 Å². The topological polar surface area (TPSA) is 60.0 Å². The molecule has 2 aromatic rings. The third-order valence-corrected chi connectivity index (χ3v) is 4.79. The summed E-state index contributed by atoms with van der Waals surface area (Å²) < 4.78 is 11.8. The minimum absolute atomic E-state index is 0.0422. The number of pyridine rings is 1. The van der Waals surface area contributed by atoms with Gasteiger partial charge in [0.25, 0.3) is 0 Å². The number of hydrogen-bond acceptors (Lipinski definition) is 4. The molecule has 1 saturated carbocycles. The second-order valence-electron chi connectivity index (χ2n) is 6.34. The summed E-state index contributed by atoms with van der Waals surface area (Å²) in [5.41, 5.74) is 0.737. The molecule has 0 radical (unpaired) electrons. The highest BCUT2D eigenvalue weighted by Gasteiger charge is 2.33. The summed E-state index contributed by atoms with van der Waals surface area (Å²) in [5.74, 6) is 1.48. The van der Waals surface area contributed by atoms with E-state index in [1.807, 2.05) is 6.07 Å². The molecule has 5 heteroatoms. The molecule has 0 aliphatic heterocycles. The summed E-state index contributed by atoms with van der Waals surface area (Å²) in [4.78, 5) is 4.24. The van der Waals surface area contributed by atoms with Gasteiger partial charge in [-0.25, -0.2) is 4.98 Å². The summed E-state index contributed by atoms with van der Waals surface area (Å²) in [6.45, 7) is 4.35. The van der Waals surface area contributed by atoms with Crippen LogP contribution < -0.4 is 4.74 Å². The lowest BCUT2D eigenvalue weighted by Gasteiger charge is -2.38. The molecule has 0 aromatic carbocycles. The lowest BCUT2D eigenvalue weighted by atomic mass is 9.78. The molecule has 3 rings (SSSR count). The molecule has 1 N–H and O–H groups in total. The lowest BCUT2D eigenvalue weighted by molar-refractivity contribution is -0.0498. The molecular weight excluding hydrogens is 266 g/mol. The highest BCUT2D eigenvalue weighted by molar-refractivity contribution is 5.80. The molecule has 2 heterocycles. The van der Waals surface area contributed by atoms with E-state index in [1.54, 1.807) is 19.5 Å². The first-order valence-electron chi connectivity index (χ1n) is 7.60. The van der Waals surface area contributed by atoms with Crippen molar-refractivity contribution < 1.29 is 9.47 Å². The van der Waals surface area contributed by atoms with Gasteiger partial charge >= 0.3 is 0 Å². The molecule has 1 aliphatic carbocycles. The highest BCUT2D eigenvalue weighted by Crippen LogP contribution is 2.36. The Bertz CT molecular complexity index is 600. The second-order valence-corrected chi connectivity index (χ2v) is 6.34. The van der Waals surface area contributed by atoms with Crippen molar-refractivity contribution in [3.63, 3.8) is 0 Å². The number of aromatic nitrogens is 3. The first-order chi connectivity index (χ1) is 10.1. The van der Waals surface area contributed by atoms with Crippen LogP contribution in [0.2, 0.25) is 0 Å². The van der Waals surface area contributed by atoms with Crippen LogP contribution in [0.1, 0.15) is 39.5 Å². The van der Waals surface area contributed by atoms with Gasteiger partial charge in [0.15, 0.2) is 5.65 Å². The zero-order valence-electron chi connectivity index (χ0n) is 12.9. The lowest BCUT2D eigenvalue weighted by Crippen LogP contribution is -2.38. The monoisotopic (exact) mass is 289 g/mol. The number of ether oxygens (including phenoxy) is 2. The van der Waals surface area contributed by atoms with Gasteiger partial charge < -0.3 is 9.47 Å². The number of methoxy groups -OCH3 is 1. The second kappa shape index (κ2) is 5.64. The van der Waals surface area contributed by atoms with E-state index in [4.69, 9.17) is 9.47 Å². The Balaban J connectivity index is 1.64. The minimum Gasteiger partial charge on any atom is -0.490 e. The van der Waals surface area contributed by atoms with Crippen molar-refractivity contribution >= 4 is 11.0 Å². The Morgan fingerprint density at radius 1 is 1.24 bits per heavy atom. The maximum Gasteiger partial charge on any atom is 0.158 e. The van der Waals surface area contributed by atoms with Crippen LogP contribution in [0.15, 0.2) is 18.5 Å². The van der Waals surface area contributed by atoms with Crippen LogP contribution in [0, 0.1) is 5.92 Å². The quantitative estimate of drug-likeness (QED) is 0.938. The van der Waals surface area contributed by atoms with Crippen LogP contribution in [0.5, 0.6) is 5.75 Å². The van der Waals surface area contributed by atoms with Gasteiger partial charge in [-0.1, -0.05) is 0 Å². The summed E-state index contributed by atoms with van der Waals surface area (Å²) >= 11 is 0. The average molecular weight is 289 g/mol. The smallest absolute Gasteiger partial charge is 0.158 e. The number of nitrogens with zero attached hydrogens (tertiary/aromatic N) is 2. The van der Waals surface area contributed by atoms with Gasteiger partial charge in [-0.3, -0.25) is 5.10 Å². The van der Waals surface area contributed by atoms with Crippen molar-refractivity contribution in [2.24, 2.45) is 5.92 Å². The van der Waals surface area contributed by atoms with Gasteiger partial charge in [0.2, 0.25) is 0 Å². The molecule has 1 aliphatic rings. The zero-order chi connectivity index (χ0) is 14.9. The summed E-state index contributed by atoms with van der Waals surface area (Å²) in [6, 6.07) is 1.92. The molecule has 21 heavy (non-hydrogen) atoms. The van der Waals surface area contributed by atoms with E-state index in [1.165, 1.54) is 0 Å². The third-order valence-electron chi connectivity index (χ3n) is 4.79. The number of fused-ring (bicyclic) bond motifs is 1. The maximum absolute atomic E-state index is 6.18. The summed E-state index contributed by atoms with van der Waals surface area (Å²) in [6.07, 6.45) is 8.23. The first kappa shape index (κ1) is 14.3. The van der Waals surface area contributed by atoms with Crippen LogP contribution in [0.25, 0.3) is 11.0 Å². The Labute approximate surface area is 125 Å². The number of H-pyrrole nitrogens is 1. The highest BCUT2D eigenvalue weighted by atomic mass is 16.5. The fourth-order valence-electron chi connectivity index (χ4n) is 3.15. The van der Waals surface area contributed by atoms with Crippen molar-refractivity contribution in [1.82, 2.24) is 15.2 Å². The molecule has 0 amide bonds. The molecule has 0 atom stereocenters. The van der Waals surface area contributed by atoms with E-state index < -0.39 is 0 Å². The molecule has 0 bridgehead atoms. The molecular formula is C16H23N3O2. The average Bonchev–Trinajstić information content (AvgIpc) is 2.97. The van der Waals surface area contributed by atoms with Crippen molar-refractivity contribution in [1.29, 1.82) is 0 Å². The van der Waals surface area contributed by atoms with Gasteiger partial charge in [-0.2, -0.15) is 5.10 Å². The maximum atomic E-state index is 6.18. The van der Waals surface area contributed by atoms with E-state index >= 15 is 0 Å². The fraction of sp³-hybridized carbons (Fsp3) is 0.625. The van der Waals surface area contributed by atoms with E-state index in [0.29, 0.717) is 5.92 Å². The number of nitrogens with one attached hydrogen (secondary N) is 1. The predicted octanol–water partition coefficient (Wildman–Crippen LogP) is 3.32. The molecule has 1 fully saturated rings. The van der Waals surface area contributed by atoms with E-state index in [0.717, 1.165) is 42.5 Å². The number of aromatic amines is 1. The molecule has 5 nitrogen and oxygen atoms in total. The van der Waals surface area contributed by atoms with Crippen molar-refractivity contribution in [2.45, 2.75) is 51.2 Å². The van der Waals surface area contributed by atoms with Gasteiger partial charge in [0.05, 0.1) is 23.3 Å². The van der Waals surface area contributed by atoms with Crippen molar-refractivity contribution in [2.75, 3.05) is 7.11 Å². The number of rotatable bonds is 4. The van der Waals surface area contributed by atoms with Crippen LogP contribution in [-0.4, -0.2) is 34.0 Å². The van der Waals surface area contributed by atoms with Crippen LogP contribution in [-0.2, 0) is 4.74 Å². The summed E-state index contributed by atoms with van der Waals surface area (Å²) in [5, 5.41) is 7.86.